The summed E-state index contributed by atoms with van der Waals surface area (Å²) in [5.74, 6) is 0.810. The molecule has 0 saturated heterocycles. The number of hydrogen-bond acceptors (Lipinski definition) is 4. The van der Waals surface area contributed by atoms with E-state index in [-0.39, 0.29) is 12.5 Å². The Morgan fingerprint density at radius 2 is 2.00 bits per heavy atom. The fraction of sp³-hybridized carbons (Fsp3) is 0.733. The van der Waals surface area contributed by atoms with Gasteiger partial charge >= 0.3 is 0 Å². The molecule has 0 aromatic carbocycles. The van der Waals surface area contributed by atoms with Crippen LogP contribution in [0.5, 0.6) is 0 Å². The van der Waals surface area contributed by atoms with E-state index >= 15 is 0 Å². The predicted octanol–water partition coefficient (Wildman–Crippen LogP) is 2.43. The van der Waals surface area contributed by atoms with Gasteiger partial charge in [0.2, 0.25) is 5.91 Å². The molecular formula is C15H22N2O3. The number of aryl methyl sites for hydroxylation is 1. The van der Waals surface area contributed by atoms with Crippen molar-refractivity contribution in [2.24, 2.45) is 0 Å². The molecule has 20 heavy (non-hydrogen) atoms. The summed E-state index contributed by atoms with van der Waals surface area (Å²) in [6.45, 7) is 2.33. The normalized spacial score (nSPS) is 19.4. The van der Waals surface area contributed by atoms with Crippen LogP contribution < -0.4 is 0 Å². The minimum atomic E-state index is 0.135. The predicted molar refractivity (Wildman–Crippen MR) is 73.0 cm³/mol. The summed E-state index contributed by atoms with van der Waals surface area (Å²) < 4.78 is 10.6. The molecule has 0 unspecified atom stereocenters. The van der Waals surface area contributed by atoms with Crippen LogP contribution in [-0.4, -0.2) is 34.7 Å². The van der Waals surface area contributed by atoms with Gasteiger partial charge in [0.1, 0.15) is 13.2 Å². The molecule has 2 aliphatic rings. The molecule has 1 amide bonds. The van der Waals surface area contributed by atoms with E-state index in [0.29, 0.717) is 24.5 Å². The Morgan fingerprint density at radius 3 is 2.45 bits per heavy atom. The van der Waals surface area contributed by atoms with Crippen LogP contribution in [0.1, 0.15) is 50.0 Å². The largest absolute Gasteiger partial charge is 0.364 e. The fourth-order valence-electron chi connectivity index (χ4n) is 2.83. The van der Waals surface area contributed by atoms with Crippen molar-refractivity contribution in [3.63, 3.8) is 0 Å². The lowest BCUT2D eigenvalue weighted by atomic mass is 9.84. The minimum absolute atomic E-state index is 0.135. The molecule has 5 nitrogen and oxygen atoms in total. The first-order chi connectivity index (χ1) is 9.74. The van der Waals surface area contributed by atoms with E-state index in [0.717, 1.165) is 31.4 Å². The lowest BCUT2D eigenvalue weighted by Crippen LogP contribution is -2.53. The molecule has 2 saturated carbocycles. The van der Waals surface area contributed by atoms with Crippen LogP contribution in [0, 0.1) is 6.92 Å². The second-order valence-electron chi connectivity index (χ2n) is 5.90. The van der Waals surface area contributed by atoms with Crippen molar-refractivity contribution in [1.82, 2.24) is 10.1 Å². The monoisotopic (exact) mass is 278 g/mol. The van der Waals surface area contributed by atoms with Crippen LogP contribution in [0.15, 0.2) is 10.6 Å². The van der Waals surface area contributed by atoms with E-state index in [1.807, 2.05) is 13.0 Å². The number of amides is 1. The van der Waals surface area contributed by atoms with Crippen molar-refractivity contribution in [2.45, 2.75) is 64.1 Å². The molecule has 1 heterocycles. The SMILES string of the molecule is Cc1cc(COCC(=O)N(C2CCC2)C2CCC2)on1. The van der Waals surface area contributed by atoms with Gasteiger partial charge in [0.05, 0.1) is 5.69 Å². The zero-order valence-electron chi connectivity index (χ0n) is 12.0. The molecule has 0 spiro atoms. The Balaban J connectivity index is 1.48. The van der Waals surface area contributed by atoms with Crippen molar-refractivity contribution < 1.29 is 14.1 Å². The molecule has 2 fully saturated rings. The molecule has 3 rings (SSSR count). The van der Waals surface area contributed by atoms with Gasteiger partial charge in [0.25, 0.3) is 0 Å². The van der Waals surface area contributed by atoms with Crippen LogP contribution in [0.2, 0.25) is 0 Å². The molecule has 110 valence electrons. The topological polar surface area (TPSA) is 55.6 Å². The van der Waals surface area contributed by atoms with Gasteiger partial charge in [-0.1, -0.05) is 5.16 Å². The molecule has 0 N–H and O–H groups in total. The number of carbonyl (C=O) groups is 1. The molecule has 0 radical (unpaired) electrons. The Bertz CT molecular complexity index is 449. The highest BCUT2D eigenvalue weighted by Crippen LogP contribution is 2.33. The second-order valence-corrected chi connectivity index (χ2v) is 5.90. The highest BCUT2D eigenvalue weighted by Gasteiger charge is 2.36. The van der Waals surface area contributed by atoms with Crippen molar-refractivity contribution >= 4 is 5.91 Å². The fourth-order valence-corrected chi connectivity index (χ4v) is 2.83. The smallest absolute Gasteiger partial charge is 0.249 e. The van der Waals surface area contributed by atoms with Gasteiger partial charge in [-0.3, -0.25) is 4.79 Å². The first-order valence-electron chi connectivity index (χ1n) is 7.55. The third-order valence-electron chi connectivity index (χ3n) is 4.37. The molecule has 0 aliphatic heterocycles. The average molecular weight is 278 g/mol. The van der Waals surface area contributed by atoms with E-state index in [2.05, 4.69) is 10.1 Å². The Labute approximate surface area is 119 Å². The maximum Gasteiger partial charge on any atom is 0.249 e. The Kier molecular flexibility index (Phi) is 4.05. The van der Waals surface area contributed by atoms with Gasteiger partial charge in [-0.2, -0.15) is 0 Å². The summed E-state index contributed by atoms with van der Waals surface area (Å²) in [5.41, 5.74) is 0.834. The van der Waals surface area contributed by atoms with Gasteiger partial charge < -0.3 is 14.2 Å². The van der Waals surface area contributed by atoms with Gasteiger partial charge in [-0.25, -0.2) is 0 Å². The lowest BCUT2D eigenvalue weighted by molar-refractivity contribution is -0.146. The van der Waals surface area contributed by atoms with Crippen LogP contribution in [0.3, 0.4) is 0 Å². The number of aromatic nitrogens is 1. The van der Waals surface area contributed by atoms with Crippen molar-refractivity contribution in [3.8, 4) is 0 Å². The van der Waals surface area contributed by atoms with E-state index in [4.69, 9.17) is 9.26 Å². The summed E-state index contributed by atoms with van der Waals surface area (Å²) in [7, 11) is 0. The number of rotatable bonds is 6. The highest BCUT2D eigenvalue weighted by atomic mass is 16.5. The zero-order chi connectivity index (χ0) is 13.9. The number of carbonyl (C=O) groups excluding carboxylic acids is 1. The van der Waals surface area contributed by atoms with Gasteiger partial charge in [-0.15, -0.1) is 0 Å². The van der Waals surface area contributed by atoms with Crippen LogP contribution >= 0.6 is 0 Å². The first-order valence-corrected chi connectivity index (χ1v) is 7.55. The summed E-state index contributed by atoms with van der Waals surface area (Å²) in [4.78, 5) is 14.5. The summed E-state index contributed by atoms with van der Waals surface area (Å²) in [6.07, 6.45) is 7.12. The third-order valence-corrected chi connectivity index (χ3v) is 4.37. The van der Waals surface area contributed by atoms with Gasteiger partial charge in [0.15, 0.2) is 5.76 Å². The average Bonchev–Trinajstić information content (AvgIpc) is 2.69. The quantitative estimate of drug-likeness (QED) is 0.802. The number of ether oxygens (including phenoxy) is 1. The van der Waals surface area contributed by atoms with E-state index in [1.54, 1.807) is 0 Å². The van der Waals surface area contributed by atoms with Crippen LogP contribution in [0.4, 0.5) is 0 Å². The molecule has 1 aromatic rings. The summed E-state index contributed by atoms with van der Waals surface area (Å²) in [5, 5.41) is 3.80. The number of nitrogens with zero attached hydrogens (tertiary/aromatic N) is 2. The molecule has 1 aromatic heterocycles. The van der Waals surface area contributed by atoms with Crippen molar-refractivity contribution in [2.75, 3.05) is 6.61 Å². The highest BCUT2D eigenvalue weighted by molar-refractivity contribution is 5.78. The Morgan fingerprint density at radius 1 is 1.35 bits per heavy atom. The molecule has 0 atom stereocenters. The summed E-state index contributed by atoms with van der Waals surface area (Å²) >= 11 is 0. The number of hydrogen-bond donors (Lipinski definition) is 0. The summed E-state index contributed by atoms with van der Waals surface area (Å²) in [6, 6.07) is 2.76. The van der Waals surface area contributed by atoms with Crippen molar-refractivity contribution in [1.29, 1.82) is 0 Å². The Hall–Kier alpha value is -1.36. The minimum Gasteiger partial charge on any atom is -0.364 e. The molecular weight excluding hydrogens is 256 g/mol. The zero-order valence-corrected chi connectivity index (χ0v) is 12.0. The molecule has 0 bridgehead atoms. The van der Waals surface area contributed by atoms with E-state index in [1.165, 1.54) is 12.8 Å². The maximum absolute atomic E-state index is 12.4. The van der Waals surface area contributed by atoms with Gasteiger partial charge in [0, 0.05) is 18.2 Å². The first kappa shape index (κ1) is 13.6. The molecule has 5 heteroatoms. The third kappa shape index (κ3) is 2.87. The second kappa shape index (κ2) is 5.95. The van der Waals surface area contributed by atoms with Gasteiger partial charge in [-0.05, 0) is 45.4 Å². The van der Waals surface area contributed by atoms with Crippen LogP contribution in [-0.2, 0) is 16.1 Å². The van der Waals surface area contributed by atoms with Crippen LogP contribution in [0.25, 0.3) is 0 Å². The van der Waals surface area contributed by atoms with Crippen molar-refractivity contribution in [3.05, 3.63) is 17.5 Å². The van der Waals surface area contributed by atoms with E-state index in [9.17, 15) is 4.79 Å². The standard InChI is InChI=1S/C15H22N2O3/c1-11-8-14(20-16-11)9-19-10-15(18)17(12-4-2-5-12)13-6-3-7-13/h8,12-13H,2-7,9-10H2,1H3. The molecule has 2 aliphatic carbocycles. The lowest BCUT2D eigenvalue weighted by Gasteiger charge is -2.46. The van der Waals surface area contributed by atoms with E-state index < -0.39 is 0 Å². The maximum atomic E-state index is 12.4.